The van der Waals surface area contributed by atoms with Gasteiger partial charge in [-0.2, -0.15) is 5.10 Å². The minimum Gasteiger partial charge on any atom is -0.497 e. The quantitative estimate of drug-likeness (QED) is 0.243. The lowest BCUT2D eigenvalue weighted by Gasteiger charge is -2.20. The third kappa shape index (κ3) is 7.62. The summed E-state index contributed by atoms with van der Waals surface area (Å²) in [6.45, 7) is 6.33. The van der Waals surface area contributed by atoms with E-state index in [4.69, 9.17) is 14.2 Å². The average Bonchev–Trinajstić information content (AvgIpc) is 2.81. The summed E-state index contributed by atoms with van der Waals surface area (Å²) < 4.78 is 17.2. The minimum absolute atomic E-state index is 0.140. The van der Waals surface area contributed by atoms with Gasteiger partial charge in [-0.15, -0.1) is 0 Å². The molecule has 0 saturated carbocycles. The predicted molar refractivity (Wildman–Crippen MR) is 136 cm³/mol. The van der Waals surface area contributed by atoms with E-state index in [-0.39, 0.29) is 11.8 Å². The fourth-order valence-electron chi connectivity index (χ4n) is 2.90. The van der Waals surface area contributed by atoms with E-state index < -0.39 is 11.9 Å². The molecule has 0 spiro atoms. The van der Waals surface area contributed by atoms with Crippen LogP contribution in [0.5, 0.6) is 17.2 Å². The molecule has 2 amide bonds. The Bertz CT molecular complexity index is 977. The molecule has 33 heavy (non-hydrogen) atoms. The molecular formula is C24H30IN3O5. The molecule has 2 rings (SSSR count). The van der Waals surface area contributed by atoms with Crippen molar-refractivity contribution in [3.05, 3.63) is 51.1 Å². The molecule has 0 radical (unpaired) electrons. The number of nitrogens with zero attached hydrogens (tertiary/aromatic N) is 1. The minimum atomic E-state index is -0.753. The van der Waals surface area contributed by atoms with E-state index in [1.54, 1.807) is 44.6 Å². The van der Waals surface area contributed by atoms with Crippen LogP contribution in [0.25, 0.3) is 0 Å². The second kappa shape index (κ2) is 13.0. The SMILES string of the molecule is CCCOc1c(I)cc(C=NNC(=O)C(NC(=O)c2ccc(OC)cc2)C(C)C)cc1OC. The topological polar surface area (TPSA) is 98.2 Å². The maximum absolute atomic E-state index is 12.7. The number of carbonyl (C=O) groups excluding carboxylic acids is 2. The van der Waals surface area contributed by atoms with Gasteiger partial charge in [0, 0.05) is 5.56 Å². The number of methoxy groups -OCH3 is 2. The number of rotatable bonds is 11. The van der Waals surface area contributed by atoms with Gasteiger partial charge in [-0.25, -0.2) is 5.43 Å². The number of benzene rings is 2. The van der Waals surface area contributed by atoms with Crippen molar-refractivity contribution in [1.82, 2.24) is 10.7 Å². The van der Waals surface area contributed by atoms with Crippen molar-refractivity contribution in [2.45, 2.75) is 33.2 Å². The monoisotopic (exact) mass is 567 g/mol. The number of nitrogens with one attached hydrogen (secondary N) is 2. The number of ether oxygens (including phenoxy) is 3. The smallest absolute Gasteiger partial charge is 0.262 e. The van der Waals surface area contributed by atoms with Crippen LogP contribution in [0.4, 0.5) is 0 Å². The Kier molecular flexibility index (Phi) is 10.4. The van der Waals surface area contributed by atoms with Crippen LogP contribution >= 0.6 is 22.6 Å². The molecule has 0 bridgehead atoms. The molecule has 0 fully saturated rings. The molecule has 0 aliphatic rings. The van der Waals surface area contributed by atoms with Crippen LogP contribution < -0.4 is 25.0 Å². The Morgan fingerprint density at radius 3 is 2.39 bits per heavy atom. The lowest BCUT2D eigenvalue weighted by atomic mass is 10.0. The Balaban J connectivity index is 2.06. The Morgan fingerprint density at radius 2 is 1.82 bits per heavy atom. The van der Waals surface area contributed by atoms with Gasteiger partial charge in [-0.3, -0.25) is 9.59 Å². The van der Waals surface area contributed by atoms with Crippen molar-refractivity contribution in [2.24, 2.45) is 11.0 Å². The molecule has 0 aliphatic carbocycles. The first-order valence-corrected chi connectivity index (χ1v) is 11.7. The highest BCUT2D eigenvalue weighted by Crippen LogP contribution is 2.33. The first kappa shape index (κ1) is 26.4. The molecule has 0 aliphatic heterocycles. The van der Waals surface area contributed by atoms with Crippen molar-refractivity contribution in [3.8, 4) is 17.2 Å². The summed E-state index contributed by atoms with van der Waals surface area (Å²) in [5.74, 6) is 1.02. The first-order chi connectivity index (χ1) is 15.8. The van der Waals surface area contributed by atoms with Gasteiger partial charge < -0.3 is 19.5 Å². The number of hydrazone groups is 1. The van der Waals surface area contributed by atoms with Crippen molar-refractivity contribution >= 4 is 40.6 Å². The van der Waals surface area contributed by atoms with Gasteiger partial charge in [-0.05, 0) is 76.9 Å². The normalized spacial score (nSPS) is 11.8. The molecule has 1 unspecified atom stereocenters. The molecule has 0 saturated heterocycles. The van der Waals surface area contributed by atoms with E-state index in [1.807, 2.05) is 26.8 Å². The maximum atomic E-state index is 12.7. The van der Waals surface area contributed by atoms with E-state index in [1.165, 1.54) is 6.21 Å². The van der Waals surface area contributed by atoms with Gasteiger partial charge in [0.1, 0.15) is 11.8 Å². The van der Waals surface area contributed by atoms with Gasteiger partial charge in [0.25, 0.3) is 11.8 Å². The van der Waals surface area contributed by atoms with Crippen LogP contribution in [-0.2, 0) is 4.79 Å². The zero-order valence-corrected chi connectivity index (χ0v) is 21.6. The number of carbonyl (C=O) groups is 2. The fourth-order valence-corrected chi connectivity index (χ4v) is 3.68. The van der Waals surface area contributed by atoms with Crippen LogP contribution in [0.1, 0.15) is 43.1 Å². The molecule has 9 heteroatoms. The molecule has 1 atom stereocenters. The summed E-state index contributed by atoms with van der Waals surface area (Å²) in [5, 5.41) is 6.83. The van der Waals surface area contributed by atoms with Crippen molar-refractivity contribution in [3.63, 3.8) is 0 Å². The molecule has 0 heterocycles. The third-order valence-corrected chi connectivity index (χ3v) is 5.48. The lowest BCUT2D eigenvalue weighted by Crippen LogP contribution is -2.48. The van der Waals surface area contributed by atoms with Gasteiger partial charge in [0.05, 0.1) is 30.6 Å². The predicted octanol–water partition coefficient (Wildman–Crippen LogP) is 4.00. The highest BCUT2D eigenvalue weighted by molar-refractivity contribution is 14.1. The Morgan fingerprint density at radius 1 is 1.12 bits per heavy atom. The number of amides is 2. The number of hydrogen-bond donors (Lipinski definition) is 2. The number of halogens is 1. The van der Waals surface area contributed by atoms with E-state index in [0.717, 1.165) is 15.6 Å². The van der Waals surface area contributed by atoms with Crippen molar-refractivity contribution in [2.75, 3.05) is 20.8 Å². The van der Waals surface area contributed by atoms with E-state index >= 15 is 0 Å². The highest BCUT2D eigenvalue weighted by Gasteiger charge is 2.24. The van der Waals surface area contributed by atoms with Crippen LogP contribution in [0.3, 0.4) is 0 Å². The molecule has 8 nitrogen and oxygen atoms in total. The molecule has 2 aromatic carbocycles. The van der Waals surface area contributed by atoms with Crippen LogP contribution in [0.2, 0.25) is 0 Å². The second-order valence-electron chi connectivity index (χ2n) is 7.54. The van der Waals surface area contributed by atoms with E-state index in [9.17, 15) is 9.59 Å². The molecule has 2 N–H and O–H groups in total. The van der Waals surface area contributed by atoms with Gasteiger partial charge in [0.2, 0.25) is 0 Å². The summed E-state index contributed by atoms with van der Waals surface area (Å²) >= 11 is 2.17. The summed E-state index contributed by atoms with van der Waals surface area (Å²) in [4.78, 5) is 25.3. The Hall–Kier alpha value is -2.82. The second-order valence-corrected chi connectivity index (χ2v) is 8.70. The summed E-state index contributed by atoms with van der Waals surface area (Å²) in [6.07, 6.45) is 2.41. The van der Waals surface area contributed by atoms with Crippen LogP contribution in [0, 0.1) is 9.49 Å². The zero-order valence-electron chi connectivity index (χ0n) is 19.5. The summed E-state index contributed by atoms with van der Waals surface area (Å²) in [5.41, 5.74) is 3.69. The summed E-state index contributed by atoms with van der Waals surface area (Å²) in [7, 11) is 3.13. The molecule has 0 aromatic heterocycles. The lowest BCUT2D eigenvalue weighted by molar-refractivity contribution is -0.123. The first-order valence-electron chi connectivity index (χ1n) is 10.6. The van der Waals surface area contributed by atoms with Crippen LogP contribution in [-0.4, -0.2) is 44.9 Å². The fraction of sp³-hybridized carbons (Fsp3) is 0.375. The molecular weight excluding hydrogens is 537 g/mol. The summed E-state index contributed by atoms with van der Waals surface area (Å²) in [6, 6.07) is 9.59. The largest absolute Gasteiger partial charge is 0.497 e. The van der Waals surface area contributed by atoms with E-state index in [2.05, 4.69) is 38.4 Å². The van der Waals surface area contributed by atoms with Gasteiger partial charge in [-0.1, -0.05) is 20.8 Å². The Labute approximate surface area is 208 Å². The maximum Gasteiger partial charge on any atom is 0.262 e. The van der Waals surface area contributed by atoms with Crippen LogP contribution in [0.15, 0.2) is 41.5 Å². The highest BCUT2D eigenvalue weighted by atomic mass is 127. The van der Waals surface area contributed by atoms with Gasteiger partial charge in [0.15, 0.2) is 11.5 Å². The average molecular weight is 567 g/mol. The third-order valence-electron chi connectivity index (χ3n) is 4.68. The van der Waals surface area contributed by atoms with Crippen molar-refractivity contribution < 1.29 is 23.8 Å². The van der Waals surface area contributed by atoms with Gasteiger partial charge >= 0.3 is 0 Å². The van der Waals surface area contributed by atoms with E-state index in [0.29, 0.717) is 29.4 Å². The molecule has 2 aromatic rings. The standard InChI is InChI=1S/C24H30IN3O5/c1-6-11-33-22-19(25)12-16(13-20(22)32-5)14-26-28-24(30)21(15(2)3)27-23(29)17-7-9-18(31-4)10-8-17/h7-10,12-15,21H,6,11H2,1-5H3,(H,27,29)(H,28,30). The van der Waals surface area contributed by atoms with Crippen molar-refractivity contribution in [1.29, 1.82) is 0 Å². The molecule has 178 valence electrons. The number of hydrogen-bond acceptors (Lipinski definition) is 6. The zero-order chi connectivity index (χ0) is 24.4.